The summed E-state index contributed by atoms with van der Waals surface area (Å²) in [5.74, 6) is 0.520. The van der Waals surface area contributed by atoms with Crippen LogP contribution >= 0.6 is 0 Å². The highest BCUT2D eigenvalue weighted by atomic mass is 16.5. The van der Waals surface area contributed by atoms with Crippen LogP contribution in [0.25, 0.3) is 11.0 Å². The first kappa shape index (κ1) is 31.6. The Hall–Kier alpha value is -2.90. The number of carbonyl (C=O) groups excluding carboxylic acids is 2. The van der Waals surface area contributed by atoms with Crippen LogP contribution in [0.2, 0.25) is 0 Å². The smallest absolute Gasteiger partial charge is 0.307 e. The van der Waals surface area contributed by atoms with Gasteiger partial charge in [0.05, 0.1) is 5.39 Å². The number of nitrogens with zero attached hydrogens (tertiary/aromatic N) is 4. The van der Waals surface area contributed by atoms with Crippen molar-refractivity contribution < 1.29 is 14.3 Å². The summed E-state index contributed by atoms with van der Waals surface area (Å²) >= 11 is 0. The van der Waals surface area contributed by atoms with E-state index in [0.717, 1.165) is 42.5 Å². The third-order valence-electron chi connectivity index (χ3n) is 8.09. The number of ether oxygens (including phenoxy) is 1. The highest BCUT2D eigenvalue weighted by molar-refractivity contribution is 5.88. The zero-order valence-corrected chi connectivity index (χ0v) is 24.9. The molecule has 1 amide bonds. The van der Waals surface area contributed by atoms with Crippen molar-refractivity contribution in [3.63, 3.8) is 0 Å². The van der Waals surface area contributed by atoms with Gasteiger partial charge in [0.1, 0.15) is 17.8 Å². The predicted octanol–water partition coefficient (Wildman–Crippen LogP) is 7.39. The molecule has 3 rings (SSSR count). The Bertz CT molecular complexity index is 1050. The quantitative estimate of drug-likeness (QED) is 0.111. The van der Waals surface area contributed by atoms with Gasteiger partial charge >= 0.3 is 5.97 Å². The Morgan fingerprint density at radius 2 is 1.65 bits per heavy atom. The van der Waals surface area contributed by atoms with Crippen LogP contribution in [0.15, 0.2) is 31.2 Å². The van der Waals surface area contributed by atoms with Gasteiger partial charge in [-0.05, 0) is 38.3 Å². The first-order valence-corrected chi connectivity index (χ1v) is 15.7. The number of hydrogen-bond donors (Lipinski definition) is 1. The minimum Gasteiger partial charge on any atom is -0.444 e. The molecule has 1 aliphatic rings. The zero-order chi connectivity index (χ0) is 28.6. The molecule has 1 saturated heterocycles. The Morgan fingerprint density at radius 3 is 2.30 bits per heavy atom. The second-order valence-corrected chi connectivity index (χ2v) is 11.3. The largest absolute Gasteiger partial charge is 0.444 e. The zero-order valence-electron chi connectivity index (χ0n) is 24.9. The summed E-state index contributed by atoms with van der Waals surface area (Å²) in [5.41, 5.74) is 0.717. The molecule has 0 aromatic carbocycles. The molecule has 8 heteroatoms. The molecule has 1 aliphatic heterocycles. The highest BCUT2D eigenvalue weighted by Crippen LogP contribution is 2.25. The standard InChI is InChI=1S/C32H51N5O3/c1-4-6-7-8-9-10-11-12-13-14-15-16-17-18-30(39)40-25-36-22-21-28-31(33-24-34-32(28)36)35-27-20-19-26(3)37(23-27)29(38)5-2/h5,21-22,24,26-27H,2,4,6-20,23,25H2,1,3H3,(H,33,34,35)/t26-,27+/m0/s1. The van der Waals surface area contributed by atoms with E-state index in [1.807, 2.05) is 21.7 Å². The SMILES string of the molecule is C=CC(=O)N1C[C@H](Nc2ncnc3c2ccn3COC(=O)CCCCCCCCCCCCCCC)CC[C@@H]1C. The van der Waals surface area contributed by atoms with Gasteiger partial charge in [-0.3, -0.25) is 14.2 Å². The molecular formula is C32H51N5O3. The molecule has 8 nitrogen and oxygen atoms in total. The van der Waals surface area contributed by atoms with E-state index in [1.54, 1.807) is 0 Å². The van der Waals surface area contributed by atoms with Gasteiger partial charge in [-0.25, -0.2) is 9.97 Å². The van der Waals surface area contributed by atoms with E-state index < -0.39 is 0 Å². The minimum absolute atomic E-state index is 0.0430. The van der Waals surface area contributed by atoms with Crippen molar-refractivity contribution >= 4 is 28.7 Å². The average molecular weight is 554 g/mol. The molecular weight excluding hydrogens is 502 g/mol. The Morgan fingerprint density at radius 1 is 1.00 bits per heavy atom. The number of aromatic nitrogens is 3. The third-order valence-corrected chi connectivity index (χ3v) is 8.09. The molecule has 2 aromatic heterocycles. The summed E-state index contributed by atoms with van der Waals surface area (Å²) in [4.78, 5) is 35.3. The van der Waals surface area contributed by atoms with Gasteiger partial charge in [-0.1, -0.05) is 90.6 Å². The van der Waals surface area contributed by atoms with Crippen molar-refractivity contribution in [1.82, 2.24) is 19.4 Å². The lowest BCUT2D eigenvalue weighted by Crippen LogP contribution is -2.49. The van der Waals surface area contributed by atoms with Gasteiger partial charge in [-0.2, -0.15) is 0 Å². The van der Waals surface area contributed by atoms with Gasteiger partial charge in [-0.15, -0.1) is 0 Å². The van der Waals surface area contributed by atoms with Gasteiger partial charge < -0.3 is 15.0 Å². The number of esters is 1. The molecule has 0 spiro atoms. The Labute approximate surface area is 241 Å². The van der Waals surface area contributed by atoms with Crippen LogP contribution in [-0.4, -0.2) is 49.9 Å². The fourth-order valence-electron chi connectivity index (χ4n) is 5.57. The molecule has 1 fully saturated rings. The number of piperidine rings is 1. The fraction of sp³-hybridized carbons (Fsp3) is 0.688. The molecule has 0 bridgehead atoms. The number of hydrogen-bond acceptors (Lipinski definition) is 6. The number of nitrogens with one attached hydrogen (secondary N) is 1. The molecule has 0 radical (unpaired) electrons. The second-order valence-electron chi connectivity index (χ2n) is 11.3. The first-order chi connectivity index (χ1) is 19.5. The van der Waals surface area contributed by atoms with Crippen LogP contribution < -0.4 is 5.32 Å². The summed E-state index contributed by atoms with van der Waals surface area (Å²) in [7, 11) is 0. The van der Waals surface area contributed by atoms with E-state index in [-0.39, 0.29) is 30.7 Å². The lowest BCUT2D eigenvalue weighted by molar-refractivity contribution is -0.147. The number of likely N-dealkylation sites (tertiary alicyclic amines) is 1. The van der Waals surface area contributed by atoms with Crippen LogP contribution in [0.5, 0.6) is 0 Å². The topological polar surface area (TPSA) is 89.3 Å². The molecule has 1 N–H and O–H groups in total. The normalized spacial score (nSPS) is 17.2. The van der Waals surface area contributed by atoms with Crippen molar-refractivity contribution in [2.45, 2.75) is 135 Å². The predicted molar refractivity (Wildman–Crippen MR) is 162 cm³/mol. The second kappa shape index (κ2) is 17.7. The number of unbranched alkanes of at least 4 members (excludes halogenated alkanes) is 12. The maximum Gasteiger partial charge on any atom is 0.307 e. The lowest BCUT2D eigenvalue weighted by Gasteiger charge is -2.38. The number of amides is 1. The Kier molecular flexibility index (Phi) is 14.0. The first-order valence-electron chi connectivity index (χ1n) is 15.7. The van der Waals surface area contributed by atoms with Crippen molar-refractivity contribution in [2.75, 3.05) is 11.9 Å². The molecule has 3 heterocycles. The van der Waals surface area contributed by atoms with Gasteiger partial charge in [0.2, 0.25) is 5.91 Å². The summed E-state index contributed by atoms with van der Waals surface area (Å²) < 4.78 is 7.38. The lowest BCUT2D eigenvalue weighted by atomic mass is 9.99. The van der Waals surface area contributed by atoms with Crippen molar-refractivity contribution in [3.8, 4) is 0 Å². The van der Waals surface area contributed by atoms with E-state index in [0.29, 0.717) is 13.0 Å². The van der Waals surface area contributed by atoms with E-state index in [4.69, 9.17) is 4.74 Å². The van der Waals surface area contributed by atoms with Crippen LogP contribution in [-0.2, 0) is 21.1 Å². The molecule has 0 aliphatic carbocycles. The maximum absolute atomic E-state index is 12.3. The third kappa shape index (κ3) is 10.3. The number of carbonyl (C=O) groups is 2. The van der Waals surface area contributed by atoms with Gasteiger partial charge in [0, 0.05) is 31.2 Å². The van der Waals surface area contributed by atoms with Gasteiger partial charge in [0.15, 0.2) is 6.73 Å². The van der Waals surface area contributed by atoms with Crippen LogP contribution in [0.3, 0.4) is 0 Å². The summed E-state index contributed by atoms with van der Waals surface area (Å²) in [6.45, 7) is 8.71. The number of rotatable bonds is 19. The van der Waals surface area contributed by atoms with E-state index >= 15 is 0 Å². The van der Waals surface area contributed by atoms with Crippen LogP contribution in [0.1, 0.15) is 117 Å². The van der Waals surface area contributed by atoms with E-state index in [2.05, 4.69) is 35.7 Å². The molecule has 0 unspecified atom stereocenters. The van der Waals surface area contributed by atoms with E-state index in [1.165, 1.54) is 83.0 Å². The molecule has 2 atom stereocenters. The summed E-state index contributed by atoms with van der Waals surface area (Å²) in [5, 5.41) is 4.37. The van der Waals surface area contributed by atoms with Crippen molar-refractivity contribution in [3.05, 3.63) is 31.2 Å². The number of anilines is 1. The van der Waals surface area contributed by atoms with Crippen molar-refractivity contribution in [2.24, 2.45) is 0 Å². The fourth-order valence-corrected chi connectivity index (χ4v) is 5.57. The Balaban J connectivity index is 1.32. The minimum atomic E-state index is -0.166. The van der Waals surface area contributed by atoms with Crippen LogP contribution in [0, 0.1) is 0 Å². The number of fused-ring (bicyclic) bond motifs is 1. The average Bonchev–Trinajstić information content (AvgIpc) is 3.39. The highest BCUT2D eigenvalue weighted by Gasteiger charge is 2.28. The molecule has 2 aromatic rings. The van der Waals surface area contributed by atoms with Crippen molar-refractivity contribution in [1.29, 1.82) is 0 Å². The monoisotopic (exact) mass is 553 g/mol. The molecule has 40 heavy (non-hydrogen) atoms. The summed E-state index contributed by atoms with van der Waals surface area (Å²) in [6, 6.07) is 2.24. The van der Waals surface area contributed by atoms with E-state index in [9.17, 15) is 9.59 Å². The van der Waals surface area contributed by atoms with Gasteiger partial charge in [0.25, 0.3) is 0 Å². The molecule has 0 saturated carbocycles. The summed E-state index contributed by atoms with van der Waals surface area (Å²) in [6.07, 6.45) is 23.8. The maximum atomic E-state index is 12.3. The van der Waals surface area contributed by atoms with Crippen LogP contribution in [0.4, 0.5) is 5.82 Å². The molecule has 222 valence electrons.